The molecule has 0 heterocycles. The van der Waals surface area contributed by atoms with E-state index in [1.807, 2.05) is 24.3 Å². The Labute approximate surface area is 118 Å². The molecule has 1 amide bonds. The van der Waals surface area contributed by atoms with Gasteiger partial charge in [0, 0.05) is 5.56 Å². The summed E-state index contributed by atoms with van der Waals surface area (Å²) in [6, 6.07) is 14.4. The molecule has 0 saturated heterocycles. The molecule has 2 N–H and O–H groups in total. The average Bonchev–Trinajstić information content (AvgIpc) is 2.48. The molecule has 2 rings (SSSR count). The van der Waals surface area contributed by atoms with E-state index in [9.17, 15) is 4.79 Å². The first kappa shape index (κ1) is 14.1. The Morgan fingerprint density at radius 2 is 1.50 bits per heavy atom. The fourth-order valence-corrected chi connectivity index (χ4v) is 1.80. The van der Waals surface area contributed by atoms with Gasteiger partial charge >= 0.3 is 0 Å². The van der Waals surface area contributed by atoms with Crippen LogP contribution in [0.4, 0.5) is 0 Å². The number of nitrogens with one attached hydrogen (secondary N) is 1. The Hall–Kier alpha value is -2.33. The molecule has 0 aliphatic heterocycles. The molecule has 0 aliphatic rings. The molecule has 4 nitrogen and oxygen atoms in total. The number of hydrogen-bond acceptors (Lipinski definition) is 3. The zero-order chi connectivity index (χ0) is 14.5. The van der Waals surface area contributed by atoms with Gasteiger partial charge in [0.15, 0.2) is 0 Å². The molecule has 0 radical (unpaired) electrons. The number of benzene rings is 2. The second-order valence-corrected chi connectivity index (χ2v) is 4.79. The first-order valence-electron chi connectivity index (χ1n) is 6.42. The third kappa shape index (κ3) is 3.36. The summed E-state index contributed by atoms with van der Waals surface area (Å²) in [4.78, 5) is 11.2. The molecule has 0 spiro atoms. The molecule has 0 saturated carbocycles. The summed E-state index contributed by atoms with van der Waals surface area (Å²) >= 11 is 0. The van der Waals surface area contributed by atoms with Gasteiger partial charge in [0.25, 0.3) is 5.91 Å². The van der Waals surface area contributed by atoms with Gasteiger partial charge in [-0.05, 0) is 47.9 Å². The largest absolute Gasteiger partial charge is 0.457 e. The maximum Gasteiger partial charge on any atom is 0.274 e. The second-order valence-electron chi connectivity index (χ2n) is 4.79. The SMILES string of the molecule is CC(C)c1ccc(Oc2ccc(C(=O)NO)cc2)cc1. The van der Waals surface area contributed by atoms with Gasteiger partial charge in [-0.3, -0.25) is 10.0 Å². The quantitative estimate of drug-likeness (QED) is 0.658. The van der Waals surface area contributed by atoms with E-state index in [-0.39, 0.29) is 0 Å². The van der Waals surface area contributed by atoms with Crippen molar-refractivity contribution in [3.63, 3.8) is 0 Å². The van der Waals surface area contributed by atoms with Crippen molar-refractivity contribution in [3.05, 3.63) is 59.7 Å². The van der Waals surface area contributed by atoms with Crippen LogP contribution in [0.5, 0.6) is 11.5 Å². The van der Waals surface area contributed by atoms with Crippen molar-refractivity contribution < 1.29 is 14.7 Å². The van der Waals surface area contributed by atoms with E-state index in [0.717, 1.165) is 5.75 Å². The summed E-state index contributed by atoms with van der Waals surface area (Å²) in [5, 5.41) is 8.53. The van der Waals surface area contributed by atoms with Gasteiger partial charge < -0.3 is 4.74 Å². The molecular weight excluding hydrogens is 254 g/mol. The third-order valence-electron chi connectivity index (χ3n) is 3.00. The van der Waals surface area contributed by atoms with E-state index in [1.54, 1.807) is 29.7 Å². The highest BCUT2D eigenvalue weighted by Gasteiger charge is 2.04. The molecule has 104 valence electrons. The number of amides is 1. The van der Waals surface area contributed by atoms with Gasteiger partial charge in [0.1, 0.15) is 11.5 Å². The molecule has 0 fully saturated rings. The average molecular weight is 271 g/mol. The highest BCUT2D eigenvalue weighted by molar-refractivity contribution is 5.93. The highest BCUT2D eigenvalue weighted by Crippen LogP contribution is 2.24. The normalized spacial score (nSPS) is 10.4. The van der Waals surface area contributed by atoms with Crippen LogP contribution in [0.2, 0.25) is 0 Å². The van der Waals surface area contributed by atoms with Gasteiger partial charge in [-0.15, -0.1) is 0 Å². The third-order valence-corrected chi connectivity index (χ3v) is 3.00. The fraction of sp³-hybridized carbons (Fsp3) is 0.188. The first-order valence-corrected chi connectivity index (χ1v) is 6.42. The Balaban J connectivity index is 2.08. The number of hydrogen-bond donors (Lipinski definition) is 2. The summed E-state index contributed by atoms with van der Waals surface area (Å²) in [6.07, 6.45) is 0. The zero-order valence-electron chi connectivity index (χ0n) is 11.5. The van der Waals surface area contributed by atoms with Crippen LogP contribution in [-0.4, -0.2) is 11.1 Å². The fourth-order valence-electron chi connectivity index (χ4n) is 1.80. The van der Waals surface area contributed by atoms with Crippen LogP contribution in [0.3, 0.4) is 0 Å². The minimum atomic E-state index is -0.544. The zero-order valence-corrected chi connectivity index (χ0v) is 11.5. The molecular formula is C16H17NO3. The number of rotatable bonds is 4. The molecule has 0 unspecified atom stereocenters. The van der Waals surface area contributed by atoms with Gasteiger partial charge in [-0.25, -0.2) is 5.48 Å². The standard InChI is InChI=1S/C16H17NO3/c1-11(2)12-3-7-14(8-4-12)20-15-9-5-13(6-10-15)16(18)17-19/h3-11,19H,1-2H3,(H,17,18). The van der Waals surface area contributed by atoms with Crippen molar-refractivity contribution in [3.8, 4) is 11.5 Å². The number of carbonyl (C=O) groups is 1. The molecule has 2 aromatic rings. The van der Waals surface area contributed by atoms with Gasteiger partial charge in [-0.1, -0.05) is 26.0 Å². The number of ether oxygens (including phenoxy) is 1. The lowest BCUT2D eigenvalue weighted by molar-refractivity contribution is 0.0706. The maximum absolute atomic E-state index is 11.2. The molecule has 0 bridgehead atoms. The summed E-state index contributed by atoms with van der Waals surface area (Å²) in [5.41, 5.74) is 3.21. The van der Waals surface area contributed by atoms with Crippen LogP contribution < -0.4 is 10.2 Å². The Bertz CT molecular complexity index is 574. The number of carbonyl (C=O) groups excluding carboxylic acids is 1. The van der Waals surface area contributed by atoms with Crippen LogP contribution >= 0.6 is 0 Å². The summed E-state index contributed by atoms with van der Waals surface area (Å²) in [6.45, 7) is 4.28. The van der Waals surface area contributed by atoms with Crippen molar-refractivity contribution in [2.75, 3.05) is 0 Å². The van der Waals surface area contributed by atoms with Gasteiger partial charge in [-0.2, -0.15) is 0 Å². The van der Waals surface area contributed by atoms with E-state index in [0.29, 0.717) is 17.2 Å². The predicted octanol–water partition coefficient (Wildman–Crippen LogP) is 3.72. The van der Waals surface area contributed by atoms with Crippen LogP contribution in [0, 0.1) is 0 Å². The van der Waals surface area contributed by atoms with Crippen molar-refractivity contribution in [1.29, 1.82) is 0 Å². The second kappa shape index (κ2) is 6.21. The van der Waals surface area contributed by atoms with Crippen LogP contribution in [-0.2, 0) is 0 Å². The van der Waals surface area contributed by atoms with Crippen LogP contribution in [0.1, 0.15) is 35.7 Å². The molecule has 0 atom stereocenters. The molecule has 4 heteroatoms. The molecule has 0 aromatic heterocycles. The van der Waals surface area contributed by atoms with E-state index in [2.05, 4.69) is 13.8 Å². The lowest BCUT2D eigenvalue weighted by atomic mass is 10.0. The number of hydroxylamine groups is 1. The van der Waals surface area contributed by atoms with Crippen molar-refractivity contribution in [2.45, 2.75) is 19.8 Å². The minimum absolute atomic E-state index is 0.370. The van der Waals surface area contributed by atoms with E-state index >= 15 is 0 Å². The molecule has 0 aliphatic carbocycles. The Kier molecular flexibility index (Phi) is 4.38. The first-order chi connectivity index (χ1) is 9.60. The van der Waals surface area contributed by atoms with Crippen molar-refractivity contribution in [2.24, 2.45) is 0 Å². The molecule has 20 heavy (non-hydrogen) atoms. The van der Waals surface area contributed by atoms with Gasteiger partial charge in [0.2, 0.25) is 0 Å². The Morgan fingerprint density at radius 3 is 1.95 bits per heavy atom. The maximum atomic E-state index is 11.2. The summed E-state index contributed by atoms with van der Waals surface area (Å²) < 4.78 is 5.69. The monoisotopic (exact) mass is 271 g/mol. The lowest BCUT2D eigenvalue weighted by Crippen LogP contribution is -2.18. The summed E-state index contributed by atoms with van der Waals surface area (Å²) in [7, 11) is 0. The lowest BCUT2D eigenvalue weighted by Gasteiger charge is -2.09. The predicted molar refractivity (Wildman–Crippen MR) is 76.3 cm³/mol. The molecule has 2 aromatic carbocycles. The summed E-state index contributed by atoms with van der Waals surface area (Å²) in [5.74, 6) is 1.32. The van der Waals surface area contributed by atoms with E-state index in [1.165, 1.54) is 5.56 Å². The van der Waals surface area contributed by atoms with Crippen LogP contribution in [0.25, 0.3) is 0 Å². The van der Waals surface area contributed by atoms with E-state index in [4.69, 9.17) is 9.94 Å². The Morgan fingerprint density at radius 1 is 1.00 bits per heavy atom. The van der Waals surface area contributed by atoms with Gasteiger partial charge in [0.05, 0.1) is 0 Å². The minimum Gasteiger partial charge on any atom is -0.457 e. The topological polar surface area (TPSA) is 58.6 Å². The van der Waals surface area contributed by atoms with E-state index < -0.39 is 5.91 Å². The van der Waals surface area contributed by atoms with Crippen molar-refractivity contribution in [1.82, 2.24) is 5.48 Å². The van der Waals surface area contributed by atoms with Crippen molar-refractivity contribution >= 4 is 5.91 Å². The smallest absolute Gasteiger partial charge is 0.274 e. The highest BCUT2D eigenvalue weighted by atomic mass is 16.5. The van der Waals surface area contributed by atoms with Crippen LogP contribution in [0.15, 0.2) is 48.5 Å².